The molecule has 1 atom stereocenters. The fraction of sp³-hybridized carbons (Fsp3) is 0.553. The van der Waals surface area contributed by atoms with Crippen LogP contribution in [-0.2, 0) is 20.9 Å². The van der Waals surface area contributed by atoms with E-state index in [0.717, 1.165) is 120 Å². The lowest BCUT2D eigenvalue weighted by Gasteiger charge is -2.33. The molecule has 64 heavy (non-hydrogen) atoms. The van der Waals surface area contributed by atoms with Gasteiger partial charge in [-0.05, 0) is 114 Å². The summed E-state index contributed by atoms with van der Waals surface area (Å²) in [6.07, 6.45) is 16.9. The Labute approximate surface area is 372 Å². The summed E-state index contributed by atoms with van der Waals surface area (Å²) in [6, 6.07) is 5.89. The Bertz CT molecular complexity index is 2570. The first-order valence-corrected chi connectivity index (χ1v) is 23.4. The number of carbonyl (C=O) groups excluding carboxylic acids is 4. The minimum atomic E-state index is -0.588. The lowest BCUT2D eigenvalue weighted by Crippen LogP contribution is -2.52. The number of imide groups is 1. The van der Waals surface area contributed by atoms with Crippen molar-refractivity contribution >= 4 is 40.5 Å². The minimum Gasteiger partial charge on any atom is -0.383 e. The zero-order valence-electron chi connectivity index (χ0n) is 36.9. The predicted molar refractivity (Wildman–Crippen MR) is 238 cm³/mol. The van der Waals surface area contributed by atoms with Crippen LogP contribution in [0.15, 0.2) is 41.6 Å². The first-order chi connectivity index (χ1) is 31.1. The van der Waals surface area contributed by atoms with Crippen LogP contribution in [0.1, 0.15) is 148 Å². The second-order valence-electron chi connectivity index (χ2n) is 18.8. The molecule has 3 saturated heterocycles. The smallest absolute Gasteiger partial charge is 0.255 e. The van der Waals surface area contributed by atoms with Crippen LogP contribution in [0.25, 0.3) is 33.7 Å². The molecule has 10 rings (SSSR count). The molecule has 1 aromatic carbocycles. The van der Waals surface area contributed by atoms with Gasteiger partial charge in [0.25, 0.3) is 5.91 Å². The zero-order valence-corrected chi connectivity index (χ0v) is 36.9. The van der Waals surface area contributed by atoms with Gasteiger partial charge in [0.1, 0.15) is 35.3 Å². The molecule has 17 heteroatoms. The third kappa shape index (κ3) is 8.18. The van der Waals surface area contributed by atoms with E-state index in [-0.39, 0.29) is 42.1 Å². The first kappa shape index (κ1) is 42.0. The molecular formula is C47H58N12O5. The van der Waals surface area contributed by atoms with Crippen molar-refractivity contribution in [3.8, 4) is 22.6 Å². The summed E-state index contributed by atoms with van der Waals surface area (Å²) in [5, 5.41) is 12.5. The van der Waals surface area contributed by atoms with Crippen molar-refractivity contribution in [2.24, 2.45) is 0 Å². The number of rotatable bonds is 14. The Morgan fingerprint density at radius 2 is 1.70 bits per heavy atom. The minimum absolute atomic E-state index is 0.0545. The van der Waals surface area contributed by atoms with Crippen molar-refractivity contribution in [3.05, 3.63) is 59.5 Å². The summed E-state index contributed by atoms with van der Waals surface area (Å²) in [5.41, 5.74) is 12.8. The molecule has 8 heterocycles. The van der Waals surface area contributed by atoms with Crippen LogP contribution < -0.4 is 11.1 Å². The highest BCUT2D eigenvalue weighted by Gasteiger charge is 2.40. The summed E-state index contributed by atoms with van der Waals surface area (Å²) in [6.45, 7) is 9.17. The number of nitrogens with zero attached hydrogens (tertiary/aromatic N) is 10. The van der Waals surface area contributed by atoms with E-state index in [9.17, 15) is 19.2 Å². The number of benzene rings is 1. The number of hydrogen-bond acceptors (Lipinski definition) is 12. The number of anilines is 1. The number of amides is 4. The van der Waals surface area contributed by atoms with Crippen molar-refractivity contribution in [2.45, 2.75) is 134 Å². The highest BCUT2D eigenvalue weighted by atomic mass is 16.5. The number of unbranched alkanes of at least 4 members (excludes halogenated alkanes) is 3. The quantitative estimate of drug-likeness (QED) is 0.0955. The van der Waals surface area contributed by atoms with Crippen LogP contribution in [0.3, 0.4) is 0 Å². The van der Waals surface area contributed by atoms with Gasteiger partial charge in [-0.25, -0.2) is 19.6 Å². The van der Waals surface area contributed by atoms with Crippen molar-refractivity contribution in [2.75, 3.05) is 38.5 Å². The van der Waals surface area contributed by atoms with Crippen molar-refractivity contribution in [3.63, 3.8) is 0 Å². The highest BCUT2D eigenvalue weighted by molar-refractivity contribution is 6.05. The number of nitrogens with two attached hydrogens (primary N) is 1. The maximum Gasteiger partial charge on any atom is 0.255 e. The number of imidazole rings is 1. The Hall–Kier alpha value is -5.97. The number of likely N-dealkylation sites (tertiary alicyclic amines) is 2. The summed E-state index contributed by atoms with van der Waals surface area (Å²) in [7, 11) is 0. The van der Waals surface area contributed by atoms with Gasteiger partial charge in [-0.15, -0.1) is 0 Å². The van der Waals surface area contributed by atoms with E-state index in [1.54, 1.807) is 4.90 Å². The predicted octanol–water partition coefficient (Wildman–Crippen LogP) is 6.14. The Morgan fingerprint density at radius 1 is 0.906 bits per heavy atom. The maximum atomic E-state index is 13.3. The Morgan fingerprint density at radius 3 is 2.47 bits per heavy atom. The van der Waals surface area contributed by atoms with Crippen LogP contribution in [-0.4, -0.2) is 112 Å². The molecule has 0 bridgehead atoms. The lowest BCUT2D eigenvalue weighted by atomic mass is 9.88. The summed E-state index contributed by atoms with van der Waals surface area (Å²) >= 11 is 0. The zero-order chi connectivity index (χ0) is 44.1. The van der Waals surface area contributed by atoms with Crippen LogP contribution in [0.5, 0.6) is 0 Å². The van der Waals surface area contributed by atoms with E-state index >= 15 is 0 Å². The molecule has 4 fully saturated rings. The van der Waals surface area contributed by atoms with Crippen LogP contribution >= 0.6 is 0 Å². The number of fused-ring (bicyclic) bond motifs is 2. The van der Waals surface area contributed by atoms with Crippen LogP contribution in [0.4, 0.5) is 5.82 Å². The summed E-state index contributed by atoms with van der Waals surface area (Å²) in [5.74, 6) is 1.42. The third-order valence-electron chi connectivity index (χ3n) is 14.2. The fourth-order valence-corrected chi connectivity index (χ4v) is 10.4. The topological polar surface area (TPSA) is 204 Å². The Kier molecular flexibility index (Phi) is 11.5. The number of nitrogens with one attached hydrogen (secondary N) is 1. The third-order valence-corrected chi connectivity index (χ3v) is 14.2. The van der Waals surface area contributed by atoms with Crippen LogP contribution in [0.2, 0.25) is 0 Å². The molecule has 336 valence electrons. The molecule has 0 spiro atoms. The molecule has 17 nitrogen and oxygen atoms in total. The van der Waals surface area contributed by atoms with Gasteiger partial charge in [0.15, 0.2) is 5.65 Å². The molecule has 4 aliphatic heterocycles. The van der Waals surface area contributed by atoms with Gasteiger partial charge in [0.05, 0.1) is 23.0 Å². The molecule has 0 radical (unpaired) electrons. The second kappa shape index (κ2) is 17.5. The van der Waals surface area contributed by atoms with Gasteiger partial charge in [0.2, 0.25) is 17.7 Å². The average molecular weight is 871 g/mol. The van der Waals surface area contributed by atoms with Gasteiger partial charge >= 0.3 is 0 Å². The van der Waals surface area contributed by atoms with Crippen LogP contribution in [0, 0.1) is 0 Å². The number of carbonyl (C=O) groups is 4. The monoisotopic (exact) mass is 870 g/mol. The lowest BCUT2D eigenvalue weighted by molar-refractivity contribution is -0.137. The molecule has 4 aromatic heterocycles. The molecule has 1 aliphatic carbocycles. The standard InChI is InChI=1S/C47H58N12O5/c1-28(2)59-45-40(44(48)49-26-50-45)41(53-59)42-39(43(64-54-42)30-8-9-30)35-25-57(27-51-35)33-16-21-56(22-17-33)38(61)7-5-3-4-6-18-55-19-14-29(15-20-55)31-10-11-34-32(23-31)24-58(47(34)63)36-12-13-37(60)52-46(36)62/h10-11,23,25-30,33,36H,3-9,12-22,24H2,1-2H3,(H2,48,49,50)(H,52,60,62). The number of nitrogen functional groups attached to an aromatic ring is 1. The Balaban J connectivity index is 0.657. The van der Waals surface area contributed by atoms with E-state index in [0.29, 0.717) is 65.0 Å². The second-order valence-corrected chi connectivity index (χ2v) is 18.8. The molecule has 1 unspecified atom stereocenters. The van der Waals surface area contributed by atoms with E-state index in [2.05, 4.69) is 62.1 Å². The van der Waals surface area contributed by atoms with Gasteiger partial charge in [-0.3, -0.25) is 24.5 Å². The van der Waals surface area contributed by atoms with Crippen molar-refractivity contribution in [1.82, 2.24) is 54.5 Å². The molecule has 3 N–H and O–H groups in total. The van der Waals surface area contributed by atoms with E-state index in [4.69, 9.17) is 20.3 Å². The number of hydrogen-bond donors (Lipinski definition) is 2. The number of piperidine rings is 3. The van der Waals surface area contributed by atoms with E-state index < -0.39 is 6.04 Å². The molecule has 4 amide bonds. The normalized spacial score (nSPS) is 20.2. The average Bonchev–Trinajstić information content (AvgIpc) is 3.58. The van der Waals surface area contributed by atoms with E-state index in [1.807, 2.05) is 22.0 Å². The van der Waals surface area contributed by atoms with E-state index in [1.165, 1.54) is 11.9 Å². The molecule has 1 saturated carbocycles. The summed E-state index contributed by atoms with van der Waals surface area (Å²) < 4.78 is 10.1. The SMILES string of the molecule is CC(C)n1nc(-c2noc(C3CC3)c2-c2cn(C3CCN(C(=O)CCCCCCN4CCC(c5ccc6c(c5)CN(C5CCC(=O)NC5=O)C6=O)CC4)CC3)cn2)c2c(N)ncnc21. The molecular weight excluding hydrogens is 813 g/mol. The van der Waals surface area contributed by atoms with Crippen molar-refractivity contribution < 1.29 is 23.7 Å². The van der Waals surface area contributed by atoms with Crippen molar-refractivity contribution in [1.29, 1.82) is 0 Å². The largest absolute Gasteiger partial charge is 0.383 e. The van der Waals surface area contributed by atoms with Gasteiger partial charge in [-0.1, -0.05) is 30.1 Å². The highest BCUT2D eigenvalue weighted by Crippen LogP contribution is 2.48. The van der Waals surface area contributed by atoms with Gasteiger partial charge in [-0.2, -0.15) is 5.10 Å². The van der Waals surface area contributed by atoms with Gasteiger partial charge < -0.3 is 29.5 Å². The number of aromatic nitrogens is 7. The fourth-order valence-electron chi connectivity index (χ4n) is 10.4. The first-order valence-electron chi connectivity index (χ1n) is 23.4. The molecule has 5 aromatic rings. The molecule has 5 aliphatic rings. The van der Waals surface area contributed by atoms with Gasteiger partial charge in [0, 0.05) is 62.2 Å². The summed E-state index contributed by atoms with van der Waals surface area (Å²) in [4.78, 5) is 70.4. The maximum absolute atomic E-state index is 13.3.